The molecule has 0 bridgehead atoms. The lowest BCUT2D eigenvalue weighted by atomic mass is 10.3. The van der Waals surface area contributed by atoms with Gasteiger partial charge in [-0.05, 0) is 20.6 Å². The van der Waals surface area contributed by atoms with E-state index in [9.17, 15) is 4.79 Å². The van der Waals surface area contributed by atoms with E-state index in [-0.39, 0.29) is 5.56 Å². The van der Waals surface area contributed by atoms with Gasteiger partial charge in [-0.25, -0.2) is 4.98 Å². The number of aromatic nitrogens is 2. The van der Waals surface area contributed by atoms with Gasteiger partial charge in [0.05, 0.1) is 0 Å². The Morgan fingerprint density at radius 1 is 1.47 bits per heavy atom. The molecular formula is C10H18N4O. The summed E-state index contributed by atoms with van der Waals surface area (Å²) in [6.07, 6.45) is 1.40. The standard InChI is InChI=1S/C10H18N4O/c1-14(2)6-4-9-12-8(3-5-11)7-10(15)13-9/h7H,3-6,11H2,1-2H3,(H,12,13,15). The van der Waals surface area contributed by atoms with E-state index in [0.717, 1.165) is 24.5 Å². The van der Waals surface area contributed by atoms with Crippen LogP contribution in [0.25, 0.3) is 0 Å². The number of likely N-dealkylation sites (N-methyl/N-ethyl adjacent to an activating group) is 1. The van der Waals surface area contributed by atoms with Crippen molar-refractivity contribution in [3.05, 3.63) is 27.9 Å². The summed E-state index contributed by atoms with van der Waals surface area (Å²) in [6, 6.07) is 1.51. The summed E-state index contributed by atoms with van der Waals surface area (Å²) in [5.41, 5.74) is 6.10. The number of hydrogen-bond donors (Lipinski definition) is 2. The van der Waals surface area contributed by atoms with Gasteiger partial charge in [0.1, 0.15) is 5.82 Å². The Balaban J connectivity index is 2.75. The van der Waals surface area contributed by atoms with Gasteiger partial charge in [-0.2, -0.15) is 0 Å². The maximum Gasteiger partial charge on any atom is 0.251 e. The van der Waals surface area contributed by atoms with Crippen molar-refractivity contribution in [1.82, 2.24) is 14.9 Å². The average Bonchev–Trinajstić information content (AvgIpc) is 2.14. The molecule has 0 saturated heterocycles. The summed E-state index contributed by atoms with van der Waals surface area (Å²) in [4.78, 5) is 20.4. The fourth-order valence-corrected chi connectivity index (χ4v) is 1.29. The Kier molecular flexibility index (Phi) is 4.45. The molecule has 3 N–H and O–H groups in total. The van der Waals surface area contributed by atoms with Crippen LogP contribution in [0.1, 0.15) is 11.5 Å². The highest BCUT2D eigenvalue weighted by Gasteiger charge is 2.01. The van der Waals surface area contributed by atoms with Crippen LogP contribution in [-0.2, 0) is 12.8 Å². The van der Waals surface area contributed by atoms with E-state index in [1.165, 1.54) is 6.07 Å². The minimum Gasteiger partial charge on any atom is -0.330 e. The Labute approximate surface area is 89.3 Å². The summed E-state index contributed by atoms with van der Waals surface area (Å²) in [6.45, 7) is 1.39. The molecule has 0 aliphatic rings. The third kappa shape index (κ3) is 4.22. The maximum atomic E-state index is 11.3. The van der Waals surface area contributed by atoms with Crippen molar-refractivity contribution < 1.29 is 0 Å². The second-order valence-corrected chi connectivity index (χ2v) is 3.78. The number of nitrogens with zero attached hydrogens (tertiary/aromatic N) is 2. The van der Waals surface area contributed by atoms with E-state index in [1.807, 2.05) is 14.1 Å². The van der Waals surface area contributed by atoms with Crippen LogP contribution < -0.4 is 11.3 Å². The Morgan fingerprint density at radius 2 is 2.20 bits per heavy atom. The fourth-order valence-electron chi connectivity index (χ4n) is 1.29. The van der Waals surface area contributed by atoms with Gasteiger partial charge in [0.15, 0.2) is 0 Å². The summed E-state index contributed by atoms with van der Waals surface area (Å²) in [5, 5.41) is 0. The molecular weight excluding hydrogens is 192 g/mol. The van der Waals surface area contributed by atoms with Crippen molar-refractivity contribution in [3.63, 3.8) is 0 Å². The third-order valence-corrected chi connectivity index (χ3v) is 2.04. The second kappa shape index (κ2) is 5.63. The van der Waals surface area contributed by atoms with Gasteiger partial charge >= 0.3 is 0 Å². The number of H-pyrrole nitrogens is 1. The van der Waals surface area contributed by atoms with E-state index in [1.54, 1.807) is 0 Å². The molecule has 0 saturated carbocycles. The number of rotatable bonds is 5. The Bertz CT molecular complexity index is 359. The first-order valence-corrected chi connectivity index (χ1v) is 5.05. The smallest absolute Gasteiger partial charge is 0.251 e. The van der Waals surface area contributed by atoms with Gasteiger partial charge in [0, 0.05) is 31.1 Å². The highest BCUT2D eigenvalue weighted by Crippen LogP contribution is 1.94. The van der Waals surface area contributed by atoms with Crippen LogP contribution in [0.15, 0.2) is 10.9 Å². The minimum atomic E-state index is -0.0952. The lowest BCUT2D eigenvalue weighted by molar-refractivity contribution is 0.409. The molecule has 0 aromatic carbocycles. The first kappa shape index (κ1) is 11.9. The molecule has 1 aromatic heterocycles. The average molecular weight is 210 g/mol. The van der Waals surface area contributed by atoms with Crippen molar-refractivity contribution in [2.75, 3.05) is 27.2 Å². The molecule has 1 rings (SSSR count). The first-order chi connectivity index (χ1) is 7.11. The molecule has 0 unspecified atom stereocenters. The van der Waals surface area contributed by atoms with Crippen LogP contribution in [0, 0.1) is 0 Å². The highest BCUT2D eigenvalue weighted by atomic mass is 16.1. The predicted octanol–water partition coefficient (Wildman–Crippen LogP) is -0.625. The summed E-state index contributed by atoms with van der Waals surface area (Å²) < 4.78 is 0. The molecule has 5 nitrogen and oxygen atoms in total. The molecule has 0 spiro atoms. The van der Waals surface area contributed by atoms with Crippen LogP contribution in [0.2, 0.25) is 0 Å². The largest absolute Gasteiger partial charge is 0.330 e. The van der Waals surface area contributed by atoms with Crippen molar-refractivity contribution >= 4 is 0 Å². The summed E-state index contributed by atoms with van der Waals surface area (Å²) >= 11 is 0. The van der Waals surface area contributed by atoms with Crippen molar-refractivity contribution in [2.24, 2.45) is 5.73 Å². The van der Waals surface area contributed by atoms with Gasteiger partial charge in [0.25, 0.3) is 5.56 Å². The Hall–Kier alpha value is -1.20. The van der Waals surface area contributed by atoms with Crippen LogP contribution in [-0.4, -0.2) is 42.1 Å². The SMILES string of the molecule is CN(C)CCc1nc(CCN)cc(=O)[nH]1. The monoisotopic (exact) mass is 210 g/mol. The van der Waals surface area contributed by atoms with E-state index in [4.69, 9.17) is 5.73 Å². The van der Waals surface area contributed by atoms with E-state index in [2.05, 4.69) is 14.9 Å². The highest BCUT2D eigenvalue weighted by molar-refractivity contribution is 5.03. The molecule has 0 fully saturated rings. The minimum absolute atomic E-state index is 0.0952. The number of hydrogen-bond acceptors (Lipinski definition) is 4. The first-order valence-electron chi connectivity index (χ1n) is 5.05. The predicted molar refractivity (Wildman–Crippen MR) is 59.9 cm³/mol. The fraction of sp³-hybridized carbons (Fsp3) is 0.600. The van der Waals surface area contributed by atoms with Gasteiger partial charge in [0.2, 0.25) is 0 Å². The van der Waals surface area contributed by atoms with E-state index >= 15 is 0 Å². The molecule has 5 heteroatoms. The zero-order valence-corrected chi connectivity index (χ0v) is 9.29. The van der Waals surface area contributed by atoms with Gasteiger partial charge < -0.3 is 15.6 Å². The molecule has 1 aromatic rings. The molecule has 0 amide bonds. The second-order valence-electron chi connectivity index (χ2n) is 3.78. The molecule has 15 heavy (non-hydrogen) atoms. The van der Waals surface area contributed by atoms with Crippen LogP contribution in [0.5, 0.6) is 0 Å². The van der Waals surface area contributed by atoms with Gasteiger partial charge in [-0.15, -0.1) is 0 Å². The summed E-state index contributed by atoms with van der Waals surface area (Å²) in [7, 11) is 3.98. The molecule has 0 radical (unpaired) electrons. The molecule has 0 aliphatic carbocycles. The van der Waals surface area contributed by atoms with Crippen molar-refractivity contribution in [3.8, 4) is 0 Å². The van der Waals surface area contributed by atoms with Crippen molar-refractivity contribution in [1.29, 1.82) is 0 Å². The van der Waals surface area contributed by atoms with Crippen molar-refractivity contribution in [2.45, 2.75) is 12.8 Å². The Morgan fingerprint density at radius 3 is 2.80 bits per heavy atom. The van der Waals surface area contributed by atoms with Crippen LogP contribution in [0.3, 0.4) is 0 Å². The zero-order chi connectivity index (χ0) is 11.3. The summed E-state index contributed by atoms with van der Waals surface area (Å²) in [5.74, 6) is 0.736. The molecule has 1 heterocycles. The molecule has 84 valence electrons. The van der Waals surface area contributed by atoms with Gasteiger partial charge in [-0.1, -0.05) is 0 Å². The topological polar surface area (TPSA) is 75.0 Å². The normalized spacial score (nSPS) is 10.9. The number of nitrogens with one attached hydrogen (secondary N) is 1. The number of nitrogens with two attached hydrogens (primary N) is 1. The van der Waals surface area contributed by atoms with E-state index in [0.29, 0.717) is 13.0 Å². The van der Waals surface area contributed by atoms with Crippen LogP contribution >= 0.6 is 0 Å². The third-order valence-electron chi connectivity index (χ3n) is 2.04. The molecule has 0 aliphatic heterocycles. The van der Waals surface area contributed by atoms with Crippen LogP contribution in [0.4, 0.5) is 0 Å². The maximum absolute atomic E-state index is 11.3. The quantitative estimate of drug-likeness (QED) is 0.679. The lowest BCUT2D eigenvalue weighted by Crippen LogP contribution is -2.20. The zero-order valence-electron chi connectivity index (χ0n) is 9.29. The number of aromatic amines is 1. The van der Waals surface area contributed by atoms with Gasteiger partial charge in [-0.3, -0.25) is 4.79 Å². The molecule has 0 atom stereocenters. The van der Waals surface area contributed by atoms with E-state index < -0.39 is 0 Å². The lowest BCUT2D eigenvalue weighted by Gasteiger charge is -2.08.